The van der Waals surface area contributed by atoms with Crippen molar-refractivity contribution in [3.63, 3.8) is 0 Å². The molecule has 0 aromatic heterocycles. The minimum atomic E-state index is -2.14. The molecule has 19 N–H and O–H groups in total. The molecule has 22 aliphatic heterocycles. The molecule has 30 nitrogen and oxygen atoms in total. The standard InChI is InChI=1S/C36H61NO29/c37-13-14(44)31-55-7(1-38)25(13)61-32-20(50)15(45)27(9(3-40)56-32)63-34-22(52)17(47)29(11(5-42)58-34)65-36-24(54)19(49)30(12(6-43)60-36)66-35-23(53)18(48)28(10(4-41)59-35)64-33-21(51)16(46)26(62-31)8(2-39)57-33/h7-36,38-54H,1-6,37H2/t7-,8-,9-,10-,11-,12-,13+,14+,15-,16-,17-,18-,19+,20-,21-,22-,23-,24-,25-,26-,27-,28-,29-,30-,31-,32-,33-,34-,35-,36-/m1/s1. The van der Waals surface area contributed by atoms with Gasteiger partial charge in [-0.1, -0.05) is 0 Å². The van der Waals surface area contributed by atoms with E-state index in [4.69, 9.17) is 62.6 Å². The predicted octanol–water partition coefficient (Wildman–Crippen LogP) is -13.1. The normalized spacial score (nSPS) is 55.4. The van der Waals surface area contributed by atoms with Crippen molar-refractivity contribution in [3.8, 4) is 0 Å². The molecular weight excluding hydrogens is 910 g/mol. The first-order valence-electron chi connectivity index (χ1n) is 21.2. The molecule has 30 atom stereocenters. The van der Waals surface area contributed by atoms with Gasteiger partial charge in [-0.3, -0.25) is 0 Å². The molecule has 22 aliphatic rings. The van der Waals surface area contributed by atoms with Crippen molar-refractivity contribution < 1.29 is 144 Å². The number of aliphatic hydroxyl groups excluding tert-OH is 17. The smallest absolute Gasteiger partial charge is 0.187 e. The van der Waals surface area contributed by atoms with E-state index in [1.807, 2.05) is 0 Å². The number of hydrogen-bond donors (Lipinski definition) is 18. The van der Waals surface area contributed by atoms with E-state index in [1.165, 1.54) is 0 Å². The van der Waals surface area contributed by atoms with Crippen LogP contribution >= 0.6 is 0 Å². The minimum absolute atomic E-state index is 0.919. The summed E-state index contributed by atoms with van der Waals surface area (Å²) in [7, 11) is 0. The van der Waals surface area contributed by atoms with Crippen LogP contribution in [0.4, 0.5) is 0 Å². The van der Waals surface area contributed by atoms with Crippen LogP contribution in [0, 0.1) is 0 Å². The second kappa shape index (κ2) is 22.1. The van der Waals surface area contributed by atoms with Crippen LogP contribution in [0.2, 0.25) is 0 Å². The summed E-state index contributed by atoms with van der Waals surface area (Å²) in [6.45, 7) is -5.82. The average Bonchev–Trinajstić information content (AvgIpc) is 3.31. The van der Waals surface area contributed by atoms with Gasteiger partial charge in [0.15, 0.2) is 37.7 Å². The zero-order chi connectivity index (χ0) is 48.0. The van der Waals surface area contributed by atoms with Crippen molar-refractivity contribution in [1.82, 2.24) is 0 Å². The lowest BCUT2D eigenvalue weighted by Gasteiger charge is -2.50. The molecular formula is C36H61NO29. The Hall–Kier alpha value is -1.20. The molecule has 22 rings (SSSR count). The van der Waals surface area contributed by atoms with Gasteiger partial charge in [-0.25, -0.2) is 0 Å². The fourth-order valence-electron chi connectivity index (χ4n) is 8.99. The Bertz CT molecular complexity index is 1240. The third-order valence-electron chi connectivity index (χ3n) is 12.8. The van der Waals surface area contributed by atoms with E-state index in [0.29, 0.717) is 0 Å². The van der Waals surface area contributed by atoms with Crippen LogP contribution in [0.25, 0.3) is 0 Å². The second-order valence-corrected chi connectivity index (χ2v) is 16.9. The summed E-state index contributed by atoms with van der Waals surface area (Å²) < 4.78 is 68.3. The van der Waals surface area contributed by atoms with E-state index in [9.17, 15) is 86.8 Å². The minimum Gasteiger partial charge on any atom is -0.394 e. The fraction of sp³-hybridized carbons (Fsp3) is 1.00. The molecule has 0 unspecified atom stereocenters. The van der Waals surface area contributed by atoms with Crippen LogP contribution in [0.5, 0.6) is 0 Å². The molecule has 0 aliphatic carbocycles. The first-order valence-corrected chi connectivity index (χ1v) is 21.2. The summed E-state index contributed by atoms with van der Waals surface area (Å²) in [5, 5.41) is 185. The number of rotatable bonds is 6. The Morgan fingerprint density at radius 3 is 0.591 bits per heavy atom. The Morgan fingerprint density at radius 2 is 0.394 bits per heavy atom. The van der Waals surface area contributed by atoms with Gasteiger partial charge in [0.25, 0.3) is 0 Å². The Morgan fingerprint density at radius 1 is 0.227 bits per heavy atom. The first-order chi connectivity index (χ1) is 31.4. The van der Waals surface area contributed by atoms with Crippen molar-refractivity contribution in [2.24, 2.45) is 5.73 Å². The number of aliphatic hydroxyl groups is 17. The zero-order valence-electron chi connectivity index (χ0n) is 34.6. The van der Waals surface area contributed by atoms with Gasteiger partial charge in [-0.05, 0) is 0 Å². The molecule has 0 amide bonds. The van der Waals surface area contributed by atoms with Crippen molar-refractivity contribution in [3.05, 3.63) is 0 Å². The third kappa shape index (κ3) is 10.0. The summed E-state index contributed by atoms with van der Waals surface area (Å²) in [5.74, 6) is 0. The summed E-state index contributed by atoms with van der Waals surface area (Å²) in [5.41, 5.74) is 6.31. The highest BCUT2D eigenvalue weighted by atomic mass is 16.8. The number of ether oxygens (including phenoxy) is 12. The number of hydrogen-bond acceptors (Lipinski definition) is 30. The van der Waals surface area contributed by atoms with Gasteiger partial charge >= 0.3 is 0 Å². The van der Waals surface area contributed by atoms with Crippen molar-refractivity contribution >= 4 is 0 Å². The van der Waals surface area contributed by atoms with Gasteiger partial charge in [0.05, 0.1) is 45.7 Å². The lowest BCUT2D eigenvalue weighted by molar-refractivity contribution is -0.401. The predicted molar refractivity (Wildman–Crippen MR) is 198 cm³/mol. The summed E-state index contributed by atoms with van der Waals surface area (Å²) in [4.78, 5) is 0. The Kier molecular flexibility index (Phi) is 17.6. The van der Waals surface area contributed by atoms with Crippen LogP contribution < -0.4 is 5.73 Å². The summed E-state index contributed by atoms with van der Waals surface area (Å²) in [6.07, 6.45) is -55.1. The Balaban J connectivity index is 1.19. The van der Waals surface area contributed by atoms with Gasteiger partial charge in [0, 0.05) is 0 Å². The van der Waals surface area contributed by atoms with E-state index in [0.717, 1.165) is 0 Å². The quantitative estimate of drug-likeness (QED) is 0.117. The van der Waals surface area contributed by atoms with Gasteiger partial charge in [0.1, 0.15) is 140 Å². The van der Waals surface area contributed by atoms with E-state index in [1.54, 1.807) is 0 Å². The molecule has 66 heavy (non-hydrogen) atoms. The van der Waals surface area contributed by atoms with Gasteiger partial charge in [-0.2, -0.15) is 0 Å². The van der Waals surface area contributed by atoms with Crippen LogP contribution in [-0.2, 0) is 56.8 Å². The van der Waals surface area contributed by atoms with Gasteiger partial charge in [-0.15, -0.1) is 0 Å². The highest BCUT2D eigenvalue weighted by molar-refractivity contribution is 5.01. The van der Waals surface area contributed by atoms with Gasteiger partial charge in [0.2, 0.25) is 0 Å². The third-order valence-corrected chi connectivity index (χ3v) is 12.8. The molecule has 384 valence electrons. The van der Waals surface area contributed by atoms with Crippen molar-refractivity contribution in [2.45, 2.75) is 184 Å². The molecule has 0 spiro atoms. The van der Waals surface area contributed by atoms with Crippen LogP contribution in [0.15, 0.2) is 0 Å². The Labute approximate surface area is 373 Å². The highest BCUT2D eigenvalue weighted by Gasteiger charge is 2.58. The maximum absolute atomic E-state index is 11.3. The molecule has 0 radical (unpaired) electrons. The summed E-state index contributed by atoms with van der Waals surface area (Å²) >= 11 is 0. The molecule has 22 saturated heterocycles. The second-order valence-electron chi connectivity index (χ2n) is 16.9. The summed E-state index contributed by atoms with van der Waals surface area (Å²) in [6, 6.07) is -1.61. The molecule has 0 aromatic carbocycles. The molecule has 30 heteroatoms. The monoisotopic (exact) mass is 971 g/mol. The number of nitrogens with two attached hydrogens (primary N) is 1. The van der Waals surface area contributed by atoms with Gasteiger partial charge < -0.3 is 149 Å². The molecule has 22 fully saturated rings. The van der Waals surface area contributed by atoms with Crippen molar-refractivity contribution in [2.75, 3.05) is 39.6 Å². The zero-order valence-corrected chi connectivity index (χ0v) is 34.6. The molecule has 22 heterocycles. The first kappa shape index (κ1) is 52.6. The highest BCUT2D eigenvalue weighted by Crippen LogP contribution is 2.37. The maximum atomic E-state index is 11.3. The lowest BCUT2D eigenvalue weighted by atomic mass is 9.94. The van der Waals surface area contributed by atoms with Crippen LogP contribution in [0.3, 0.4) is 0 Å². The fourth-order valence-corrected chi connectivity index (χ4v) is 8.99. The van der Waals surface area contributed by atoms with E-state index >= 15 is 0 Å². The molecule has 0 aromatic rings. The lowest BCUT2D eigenvalue weighted by Crippen LogP contribution is -2.69. The molecule has 12 bridgehead atoms. The van der Waals surface area contributed by atoms with Crippen LogP contribution in [-0.4, -0.2) is 311 Å². The van der Waals surface area contributed by atoms with E-state index < -0.39 is 224 Å². The topological polar surface area (TPSA) is 481 Å². The average molecular weight is 972 g/mol. The SMILES string of the molecule is N[C@H]1[C@H](O)[C@H]2O[C@H]3[C@H](O)[C@@H](O)[C@@H](O[C@H]4[C@H](O)[C@@H](O)[C@@H](O[C@H]5[C@@H](O)[C@@H](O)[C@@H](O[C@H]6[C@H](O)[C@@H](O)[C@@H](O[C@H]7[C@H](O)[C@@H](O)[C@@H](O[C@@H]1[C@@H](CO)O2)O[C@@H]7CO)O[C@@H]6CO)O[C@@H]5CO)O[C@@H]4CO)O[C@@H]3CO. The van der Waals surface area contributed by atoms with E-state index in [2.05, 4.69) is 0 Å². The van der Waals surface area contributed by atoms with Crippen LogP contribution in [0.1, 0.15) is 0 Å². The van der Waals surface area contributed by atoms with Crippen molar-refractivity contribution in [1.29, 1.82) is 0 Å². The van der Waals surface area contributed by atoms with E-state index in [-0.39, 0.29) is 0 Å². The largest absolute Gasteiger partial charge is 0.394 e. The molecule has 0 saturated carbocycles. The maximum Gasteiger partial charge on any atom is 0.187 e.